The predicted molar refractivity (Wildman–Crippen MR) is 93.0 cm³/mol. The van der Waals surface area contributed by atoms with Crippen LogP contribution in [0.3, 0.4) is 0 Å². The van der Waals surface area contributed by atoms with Crippen molar-refractivity contribution in [2.24, 2.45) is 11.5 Å². The first-order valence-electron chi connectivity index (χ1n) is 7.97. The number of amidine groups is 1. The van der Waals surface area contributed by atoms with E-state index in [0.29, 0.717) is 18.5 Å². The van der Waals surface area contributed by atoms with Crippen LogP contribution in [-0.2, 0) is 11.2 Å². The summed E-state index contributed by atoms with van der Waals surface area (Å²) in [5.74, 6) is 0.0297. The van der Waals surface area contributed by atoms with Crippen molar-refractivity contribution in [3.63, 3.8) is 0 Å². The fourth-order valence-electron chi connectivity index (χ4n) is 2.09. The molecule has 0 fully saturated rings. The maximum absolute atomic E-state index is 12.2. The lowest BCUT2D eigenvalue weighted by Gasteiger charge is -2.23. The van der Waals surface area contributed by atoms with Gasteiger partial charge in [-0.05, 0) is 25.3 Å². The van der Waals surface area contributed by atoms with Crippen molar-refractivity contribution in [1.29, 1.82) is 5.41 Å². The lowest BCUT2D eigenvalue weighted by Crippen LogP contribution is -2.45. The molecule has 0 saturated heterocycles. The third-order valence-corrected chi connectivity index (χ3v) is 3.22. The molecular formula is C17H30N4O. The standard InChI is InChI=1S/C15H24N4O.C2H6/c1-3-9-19(4-2)15(20)13(16)10-11-5-7-12(8-6-11)14(17)18;1-2/h5-8,13H,3-4,9-10,16H2,1-2H3,(H3,17,18);1-2H3. The van der Waals surface area contributed by atoms with E-state index in [1.807, 2.05) is 39.8 Å². The molecule has 0 aliphatic carbocycles. The predicted octanol–water partition coefficient (Wildman–Crippen LogP) is 2.13. The molecule has 1 aromatic rings. The van der Waals surface area contributed by atoms with Gasteiger partial charge in [-0.1, -0.05) is 45.0 Å². The largest absolute Gasteiger partial charge is 0.384 e. The van der Waals surface area contributed by atoms with Gasteiger partial charge in [0.1, 0.15) is 5.84 Å². The van der Waals surface area contributed by atoms with E-state index in [1.165, 1.54) is 0 Å². The summed E-state index contributed by atoms with van der Waals surface area (Å²) in [6, 6.07) is 6.75. The Kier molecular flexibility index (Phi) is 9.87. The van der Waals surface area contributed by atoms with Crippen LogP contribution in [0.4, 0.5) is 0 Å². The average molecular weight is 306 g/mol. The van der Waals surface area contributed by atoms with Crippen molar-refractivity contribution in [3.05, 3.63) is 35.4 Å². The van der Waals surface area contributed by atoms with E-state index in [-0.39, 0.29) is 11.7 Å². The second-order valence-electron chi connectivity index (χ2n) is 4.84. The van der Waals surface area contributed by atoms with Crippen LogP contribution in [0.15, 0.2) is 24.3 Å². The topological polar surface area (TPSA) is 96.2 Å². The van der Waals surface area contributed by atoms with Crippen molar-refractivity contribution < 1.29 is 4.79 Å². The summed E-state index contributed by atoms with van der Waals surface area (Å²) >= 11 is 0. The number of carbonyl (C=O) groups excluding carboxylic acids is 1. The summed E-state index contributed by atoms with van der Waals surface area (Å²) < 4.78 is 0. The molecule has 0 aromatic heterocycles. The summed E-state index contributed by atoms with van der Waals surface area (Å²) in [6.07, 6.45) is 1.43. The van der Waals surface area contributed by atoms with Gasteiger partial charge in [0, 0.05) is 18.7 Å². The number of carbonyl (C=O) groups is 1. The number of nitrogens with zero attached hydrogens (tertiary/aromatic N) is 1. The van der Waals surface area contributed by atoms with Crippen molar-refractivity contribution >= 4 is 11.7 Å². The van der Waals surface area contributed by atoms with Crippen molar-refractivity contribution in [3.8, 4) is 0 Å². The zero-order valence-corrected chi connectivity index (χ0v) is 14.2. The molecule has 0 heterocycles. The molecule has 1 amide bonds. The molecule has 1 aromatic carbocycles. The fraction of sp³-hybridized carbons (Fsp3) is 0.529. The molecule has 1 rings (SSSR count). The lowest BCUT2D eigenvalue weighted by molar-refractivity contribution is -0.132. The second kappa shape index (κ2) is 10.8. The average Bonchev–Trinajstić information content (AvgIpc) is 2.54. The van der Waals surface area contributed by atoms with Gasteiger partial charge in [0.2, 0.25) is 5.91 Å². The number of likely N-dealkylation sites (N-methyl/N-ethyl adjacent to an activating group) is 1. The normalized spacial score (nSPS) is 11.1. The van der Waals surface area contributed by atoms with E-state index in [1.54, 1.807) is 17.0 Å². The molecule has 0 bridgehead atoms. The lowest BCUT2D eigenvalue weighted by atomic mass is 10.0. The first kappa shape index (κ1) is 20.1. The molecule has 1 atom stereocenters. The zero-order chi connectivity index (χ0) is 17.1. The highest BCUT2D eigenvalue weighted by Gasteiger charge is 2.19. The van der Waals surface area contributed by atoms with Crippen LogP contribution in [0.2, 0.25) is 0 Å². The van der Waals surface area contributed by atoms with Crippen molar-refractivity contribution in [2.75, 3.05) is 13.1 Å². The summed E-state index contributed by atoms with van der Waals surface area (Å²) in [4.78, 5) is 14.0. The molecule has 0 radical (unpaired) electrons. The molecule has 5 N–H and O–H groups in total. The summed E-state index contributed by atoms with van der Waals surface area (Å²) in [7, 11) is 0. The van der Waals surface area contributed by atoms with Gasteiger partial charge in [-0.25, -0.2) is 0 Å². The zero-order valence-electron chi connectivity index (χ0n) is 14.2. The molecule has 5 heteroatoms. The Balaban J connectivity index is 0.00000211. The van der Waals surface area contributed by atoms with Crippen molar-refractivity contribution in [2.45, 2.75) is 46.6 Å². The fourth-order valence-corrected chi connectivity index (χ4v) is 2.09. The molecule has 0 aliphatic heterocycles. The summed E-state index contributed by atoms with van der Waals surface area (Å²) in [6.45, 7) is 9.43. The van der Waals surface area contributed by atoms with E-state index in [4.69, 9.17) is 16.9 Å². The number of nitrogens with two attached hydrogens (primary N) is 2. The van der Waals surface area contributed by atoms with E-state index in [2.05, 4.69) is 0 Å². The first-order chi connectivity index (χ1) is 10.5. The minimum Gasteiger partial charge on any atom is -0.384 e. The van der Waals surface area contributed by atoms with Crippen molar-refractivity contribution in [1.82, 2.24) is 4.90 Å². The molecule has 22 heavy (non-hydrogen) atoms. The molecular weight excluding hydrogens is 276 g/mol. The van der Waals surface area contributed by atoms with Crippen LogP contribution < -0.4 is 11.5 Å². The van der Waals surface area contributed by atoms with Gasteiger partial charge in [-0.3, -0.25) is 10.2 Å². The van der Waals surface area contributed by atoms with Crippen LogP contribution in [0.1, 0.15) is 45.2 Å². The van der Waals surface area contributed by atoms with E-state index < -0.39 is 6.04 Å². The first-order valence-corrected chi connectivity index (χ1v) is 7.97. The van der Waals surface area contributed by atoms with E-state index in [9.17, 15) is 4.79 Å². The number of amides is 1. The highest BCUT2D eigenvalue weighted by molar-refractivity contribution is 5.94. The van der Waals surface area contributed by atoms with Gasteiger partial charge in [0.15, 0.2) is 0 Å². The Labute approximate surface area is 134 Å². The molecule has 0 spiro atoms. The molecule has 5 nitrogen and oxygen atoms in total. The minimum atomic E-state index is -0.523. The number of nitrogen functional groups attached to an aromatic ring is 1. The van der Waals surface area contributed by atoms with Crippen LogP contribution in [0.25, 0.3) is 0 Å². The minimum absolute atomic E-state index is 0.00926. The molecule has 1 unspecified atom stereocenters. The van der Waals surface area contributed by atoms with Gasteiger partial charge in [-0.2, -0.15) is 0 Å². The molecule has 124 valence electrons. The van der Waals surface area contributed by atoms with Crippen LogP contribution in [-0.4, -0.2) is 35.8 Å². The van der Waals surface area contributed by atoms with E-state index >= 15 is 0 Å². The quantitative estimate of drug-likeness (QED) is 0.532. The van der Waals surface area contributed by atoms with Crippen LogP contribution in [0, 0.1) is 5.41 Å². The Morgan fingerprint density at radius 3 is 2.18 bits per heavy atom. The Morgan fingerprint density at radius 1 is 1.23 bits per heavy atom. The van der Waals surface area contributed by atoms with Gasteiger partial charge in [0.25, 0.3) is 0 Å². The Hall–Kier alpha value is -1.88. The Morgan fingerprint density at radius 2 is 1.77 bits per heavy atom. The number of rotatable bonds is 7. The maximum atomic E-state index is 12.2. The van der Waals surface area contributed by atoms with Crippen LogP contribution >= 0.6 is 0 Å². The summed E-state index contributed by atoms with van der Waals surface area (Å²) in [5, 5.41) is 7.34. The smallest absolute Gasteiger partial charge is 0.239 e. The van der Waals surface area contributed by atoms with Crippen LogP contribution in [0.5, 0.6) is 0 Å². The van der Waals surface area contributed by atoms with Gasteiger partial charge in [0.05, 0.1) is 6.04 Å². The van der Waals surface area contributed by atoms with Gasteiger partial charge < -0.3 is 16.4 Å². The Bertz CT molecular complexity index is 456. The van der Waals surface area contributed by atoms with Gasteiger partial charge >= 0.3 is 0 Å². The summed E-state index contributed by atoms with van der Waals surface area (Å²) in [5.41, 5.74) is 13.0. The second-order valence-corrected chi connectivity index (χ2v) is 4.84. The SMILES string of the molecule is CC.CCCN(CC)C(=O)C(N)Cc1ccc(C(=N)N)cc1. The third kappa shape index (κ3) is 6.26. The number of benzene rings is 1. The number of hydrogen-bond acceptors (Lipinski definition) is 3. The van der Waals surface area contributed by atoms with E-state index in [0.717, 1.165) is 18.5 Å². The third-order valence-electron chi connectivity index (χ3n) is 3.22. The highest BCUT2D eigenvalue weighted by Crippen LogP contribution is 2.08. The number of nitrogens with one attached hydrogen (secondary N) is 1. The molecule has 0 aliphatic rings. The maximum Gasteiger partial charge on any atom is 0.239 e. The molecule has 0 saturated carbocycles. The monoisotopic (exact) mass is 306 g/mol. The number of hydrogen-bond donors (Lipinski definition) is 3. The highest BCUT2D eigenvalue weighted by atomic mass is 16.2. The van der Waals surface area contributed by atoms with Gasteiger partial charge in [-0.15, -0.1) is 0 Å².